The van der Waals surface area contributed by atoms with Crippen LogP contribution in [0.5, 0.6) is 0 Å². The van der Waals surface area contributed by atoms with Gasteiger partial charge in [0.1, 0.15) is 4.90 Å². The Bertz CT molecular complexity index is 808. The average molecular weight is 433 g/mol. The number of sulfonamides is 1. The van der Waals surface area contributed by atoms with E-state index in [4.69, 9.17) is 21.1 Å². The van der Waals surface area contributed by atoms with Gasteiger partial charge in [0, 0.05) is 19.1 Å². The van der Waals surface area contributed by atoms with Crippen LogP contribution in [0.25, 0.3) is 0 Å². The van der Waals surface area contributed by atoms with E-state index in [9.17, 15) is 18.0 Å². The number of carbonyl (C=O) groups is 2. The molecule has 1 unspecified atom stereocenters. The highest BCUT2D eigenvalue weighted by Gasteiger charge is 2.29. The highest BCUT2D eigenvalue weighted by molar-refractivity contribution is 7.89. The number of rotatable bonds is 8. The summed E-state index contributed by atoms with van der Waals surface area (Å²) in [6.07, 6.45) is 1.74. The molecule has 1 fully saturated rings. The first kappa shape index (κ1) is 22.6. The molecule has 1 aromatic rings. The second-order valence-electron chi connectivity index (χ2n) is 6.50. The van der Waals surface area contributed by atoms with Crippen molar-refractivity contribution in [3.05, 3.63) is 28.8 Å². The largest absolute Gasteiger partial charge is 0.452 e. The molecular weight excluding hydrogens is 408 g/mol. The molecule has 0 spiro atoms. The number of hydrogen-bond acceptors (Lipinski definition) is 6. The fraction of sp³-hybridized carbons (Fsp3) is 0.556. The predicted octanol–water partition coefficient (Wildman–Crippen LogP) is 1.82. The van der Waals surface area contributed by atoms with E-state index >= 15 is 0 Å². The van der Waals surface area contributed by atoms with Crippen LogP contribution in [0.4, 0.5) is 0 Å². The molecule has 0 bridgehead atoms. The molecule has 1 aromatic carbocycles. The van der Waals surface area contributed by atoms with Gasteiger partial charge in [0.15, 0.2) is 6.61 Å². The third-order valence-corrected chi connectivity index (χ3v) is 6.60. The van der Waals surface area contributed by atoms with Crippen LogP contribution >= 0.6 is 11.6 Å². The van der Waals surface area contributed by atoms with Gasteiger partial charge in [-0.3, -0.25) is 4.79 Å². The Kier molecular flexibility index (Phi) is 8.23. The average Bonchev–Trinajstić information content (AvgIpc) is 2.67. The number of benzene rings is 1. The fourth-order valence-electron chi connectivity index (χ4n) is 2.79. The first-order chi connectivity index (χ1) is 13.3. The van der Waals surface area contributed by atoms with Crippen LogP contribution in [0, 0.1) is 0 Å². The summed E-state index contributed by atoms with van der Waals surface area (Å²) in [7, 11) is -3.87. The lowest BCUT2D eigenvalue weighted by Crippen LogP contribution is -2.40. The summed E-state index contributed by atoms with van der Waals surface area (Å²) in [6.45, 7) is 4.44. The van der Waals surface area contributed by atoms with Gasteiger partial charge in [0.2, 0.25) is 10.0 Å². The smallest absolute Gasteiger partial charge is 0.338 e. The van der Waals surface area contributed by atoms with E-state index in [1.165, 1.54) is 22.5 Å². The number of amides is 1. The van der Waals surface area contributed by atoms with Gasteiger partial charge in [-0.1, -0.05) is 24.9 Å². The molecule has 1 amide bonds. The van der Waals surface area contributed by atoms with Crippen molar-refractivity contribution in [1.82, 2.24) is 9.62 Å². The molecule has 0 aliphatic carbocycles. The molecule has 8 nitrogen and oxygen atoms in total. The highest BCUT2D eigenvalue weighted by Crippen LogP contribution is 2.26. The normalized spacial score (nSPS) is 16.4. The summed E-state index contributed by atoms with van der Waals surface area (Å²) in [4.78, 5) is 23.9. The van der Waals surface area contributed by atoms with Gasteiger partial charge in [0.05, 0.1) is 23.8 Å². The Morgan fingerprint density at radius 3 is 2.64 bits per heavy atom. The molecule has 1 N–H and O–H groups in total. The molecule has 1 atom stereocenters. The molecule has 2 rings (SSSR count). The Balaban J connectivity index is 2.07. The molecule has 1 heterocycles. The van der Waals surface area contributed by atoms with Crippen LogP contribution in [0.1, 0.15) is 37.0 Å². The second kappa shape index (κ2) is 10.2. The molecule has 1 aliphatic heterocycles. The maximum Gasteiger partial charge on any atom is 0.338 e. The third-order valence-electron chi connectivity index (χ3n) is 4.22. The van der Waals surface area contributed by atoms with Crippen molar-refractivity contribution in [3.63, 3.8) is 0 Å². The van der Waals surface area contributed by atoms with E-state index in [-0.39, 0.29) is 34.6 Å². The SMILES string of the molecule is CCCC(C)NC(=O)COC(=O)c1ccc(Cl)c(S(=O)(=O)N2CCOCC2)c1. The van der Waals surface area contributed by atoms with Gasteiger partial charge >= 0.3 is 5.97 Å². The number of hydrogen-bond donors (Lipinski definition) is 1. The minimum Gasteiger partial charge on any atom is -0.452 e. The van der Waals surface area contributed by atoms with Gasteiger partial charge in [-0.2, -0.15) is 4.31 Å². The molecule has 0 saturated carbocycles. The third kappa shape index (κ3) is 5.91. The van der Waals surface area contributed by atoms with Crippen LogP contribution in [0.2, 0.25) is 5.02 Å². The Labute approximate surface area is 170 Å². The lowest BCUT2D eigenvalue weighted by Gasteiger charge is -2.26. The van der Waals surface area contributed by atoms with Gasteiger partial charge in [-0.15, -0.1) is 0 Å². The van der Waals surface area contributed by atoms with Crippen LogP contribution in [-0.2, 0) is 24.3 Å². The number of nitrogens with zero attached hydrogens (tertiary/aromatic N) is 1. The van der Waals surface area contributed by atoms with Crippen molar-refractivity contribution >= 4 is 33.5 Å². The van der Waals surface area contributed by atoms with Crippen molar-refractivity contribution in [2.75, 3.05) is 32.9 Å². The van der Waals surface area contributed by atoms with Crippen LogP contribution < -0.4 is 5.32 Å². The van der Waals surface area contributed by atoms with Gasteiger partial charge < -0.3 is 14.8 Å². The van der Waals surface area contributed by atoms with Crippen molar-refractivity contribution < 1.29 is 27.5 Å². The second-order valence-corrected chi connectivity index (χ2v) is 8.81. The Hall–Kier alpha value is -1.68. The number of halogens is 1. The lowest BCUT2D eigenvalue weighted by molar-refractivity contribution is -0.124. The summed E-state index contributed by atoms with van der Waals surface area (Å²) in [5.74, 6) is -1.21. The fourth-order valence-corrected chi connectivity index (χ4v) is 4.70. The first-order valence-corrected chi connectivity index (χ1v) is 10.9. The molecule has 10 heteroatoms. The van der Waals surface area contributed by atoms with E-state index in [1.54, 1.807) is 0 Å². The number of esters is 1. The summed E-state index contributed by atoms with van der Waals surface area (Å²) >= 11 is 6.07. The van der Waals surface area contributed by atoms with Crippen molar-refractivity contribution in [1.29, 1.82) is 0 Å². The van der Waals surface area contributed by atoms with Crippen molar-refractivity contribution in [2.45, 2.75) is 37.6 Å². The molecule has 1 aliphatic rings. The number of carbonyl (C=O) groups excluding carboxylic acids is 2. The maximum atomic E-state index is 12.8. The maximum absolute atomic E-state index is 12.8. The first-order valence-electron chi connectivity index (χ1n) is 9.09. The van der Waals surface area contributed by atoms with Gasteiger partial charge in [-0.05, 0) is 31.5 Å². The summed E-state index contributed by atoms with van der Waals surface area (Å²) in [5.41, 5.74) is 0.00522. The molecule has 156 valence electrons. The molecule has 1 saturated heterocycles. The standard InChI is InChI=1S/C18H25ClN2O6S/c1-3-4-13(2)20-17(22)12-27-18(23)14-5-6-15(19)16(11-14)28(24,25)21-7-9-26-10-8-21/h5-6,11,13H,3-4,7-10,12H2,1-2H3,(H,20,22). The molecule has 28 heavy (non-hydrogen) atoms. The van der Waals surface area contributed by atoms with Crippen LogP contribution in [0.3, 0.4) is 0 Å². The highest BCUT2D eigenvalue weighted by atomic mass is 35.5. The number of ether oxygens (including phenoxy) is 2. The minimum atomic E-state index is -3.87. The number of morpholine rings is 1. The zero-order valence-electron chi connectivity index (χ0n) is 15.9. The molecule has 0 radical (unpaired) electrons. The van der Waals surface area contributed by atoms with Crippen molar-refractivity contribution in [3.8, 4) is 0 Å². The predicted molar refractivity (Wildman–Crippen MR) is 104 cm³/mol. The topological polar surface area (TPSA) is 102 Å². The van der Waals surface area contributed by atoms with Gasteiger partial charge in [0.25, 0.3) is 5.91 Å². The molecular formula is C18H25ClN2O6S. The summed E-state index contributed by atoms with van der Waals surface area (Å²) in [6, 6.07) is 3.85. The van der Waals surface area contributed by atoms with Crippen LogP contribution in [-0.4, -0.2) is 63.6 Å². The summed E-state index contributed by atoms with van der Waals surface area (Å²) < 4.78 is 37.0. The van der Waals surface area contributed by atoms with Crippen molar-refractivity contribution in [2.24, 2.45) is 0 Å². The zero-order valence-corrected chi connectivity index (χ0v) is 17.5. The quantitative estimate of drug-likeness (QED) is 0.628. The minimum absolute atomic E-state index is 0.00522. The number of nitrogens with one attached hydrogen (secondary N) is 1. The van der Waals surface area contributed by atoms with E-state index in [0.29, 0.717) is 13.2 Å². The van der Waals surface area contributed by atoms with E-state index in [0.717, 1.165) is 12.8 Å². The Morgan fingerprint density at radius 2 is 2.00 bits per heavy atom. The van der Waals surface area contributed by atoms with Gasteiger partial charge in [-0.25, -0.2) is 13.2 Å². The molecule has 0 aromatic heterocycles. The van der Waals surface area contributed by atoms with E-state index < -0.39 is 28.5 Å². The lowest BCUT2D eigenvalue weighted by atomic mass is 10.2. The van der Waals surface area contributed by atoms with E-state index in [2.05, 4.69) is 5.32 Å². The zero-order chi connectivity index (χ0) is 20.7. The monoisotopic (exact) mass is 432 g/mol. The van der Waals surface area contributed by atoms with E-state index in [1.807, 2.05) is 13.8 Å². The van der Waals surface area contributed by atoms with Crippen LogP contribution in [0.15, 0.2) is 23.1 Å². The summed E-state index contributed by atoms with van der Waals surface area (Å²) in [5, 5.41) is 2.73. The Morgan fingerprint density at radius 1 is 1.32 bits per heavy atom.